The molecule has 4 fully saturated rings. The molecule has 38 heavy (non-hydrogen) atoms. The molecule has 0 radical (unpaired) electrons. The summed E-state index contributed by atoms with van der Waals surface area (Å²) in [6, 6.07) is 1.77. The van der Waals surface area contributed by atoms with E-state index in [2.05, 4.69) is 26.6 Å². The van der Waals surface area contributed by atoms with Crippen LogP contribution in [0.1, 0.15) is 64.2 Å². The molecule has 11 heteroatoms. The Kier molecular flexibility index (Phi) is 10.6. The van der Waals surface area contributed by atoms with Gasteiger partial charge in [-0.05, 0) is 45.1 Å². The van der Waals surface area contributed by atoms with Crippen LogP contribution in [0.15, 0.2) is 4.99 Å². The summed E-state index contributed by atoms with van der Waals surface area (Å²) in [7, 11) is 2.03. The highest BCUT2D eigenvalue weighted by Gasteiger charge is 2.38. The molecule has 0 aromatic carbocycles. The summed E-state index contributed by atoms with van der Waals surface area (Å²) < 4.78 is 16.5. The number of nitrogens with one attached hydrogen (secondary N) is 2. The Hall–Kier alpha value is -2.42. The molecular weight excluding hydrogens is 488 g/mol. The topological polar surface area (TPSA) is 129 Å². The van der Waals surface area contributed by atoms with Gasteiger partial charge in [0.15, 0.2) is 0 Å². The van der Waals surface area contributed by atoms with Crippen LogP contribution in [0.2, 0.25) is 0 Å². The molecule has 2 amide bonds. The van der Waals surface area contributed by atoms with Crippen molar-refractivity contribution in [3.05, 3.63) is 0 Å². The molecule has 1 saturated carbocycles. The van der Waals surface area contributed by atoms with E-state index >= 15 is 0 Å². The number of carbonyl (C=O) groups is 2. The highest BCUT2D eigenvalue weighted by Crippen LogP contribution is 2.28. The minimum Gasteiger partial charge on any atom is -0.445 e. The van der Waals surface area contributed by atoms with E-state index in [1.54, 1.807) is 0 Å². The minimum absolute atomic E-state index is 0.0875. The summed E-state index contributed by atoms with van der Waals surface area (Å²) in [6.07, 6.45) is 8.54. The third-order valence-corrected chi connectivity index (χ3v) is 8.26. The predicted molar refractivity (Wildman–Crippen MR) is 141 cm³/mol. The van der Waals surface area contributed by atoms with Gasteiger partial charge in [-0.1, -0.05) is 32.1 Å². The van der Waals surface area contributed by atoms with Gasteiger partial charge in [0, 0.05) is 32.8 Å². The molecule has 2 atom stereocenters. The lowest BCUT2D eigenvalue weighted by atomic mass is 9.84. The number of carbonyl (C=O) groups excluding carboxylic acids is 2. The number of amides is 2. The van der Waals surface area contributed by atoms with E-state index < -0.39 is 17.7 Å². The fraction of sp³-hybridized carbons (Fsp3) is 0.852. The van der Waals surface area contributed by atoms with Crippen molar-refractivity contribution in [2.75, 3.05) is 59.7 Å². The van der Waals surface area contributed by atoms with Crippen LogP contribution >= 0.6 is 0 Å². The third kappa shape index (κ3) is 8.29. The standard InChI is InChI=1S/C27H44N6O5/c1-32-11-9-27(20-28,10-12-32)31-24(34)23(18-21-6-3-2-4-7-21)29-25(33-13-16-36-17-14-33)30-26(35)38-19-22-8-5-15-37-22/h21-23H,2-19H2,1H3,(H,31,34)(H,29,30,35). The highest BCUT2D eigenvalue weighted by molar-refractivity contribution is 5.94. The van der Waals surface area contributed by atoms with Crippen LogP contribution in [0.25, 0.3) is 0 Å². The summed E-state index contributed by atoms with van der Waals surface area (Å²) in [6.45, 7) is 4.49. The van der Waals surface area contributed by atoms with Gasteiger partial charge in [0.1, 0.15) is 18.2 Å². The summed E-state index contributed by atoms with van der Waals surface area (Å²) in [5.41, 5.74) is -0.882. The average molecular weight is 533 g/mol. The number of likely N-dealkylation sites (tertiary alicyclic amines) is 1. The monoisotopic (exact) mass is 532 g/mol. The van der Waals surface area contributed by atoms with Gasteiger partial charge >= 0.3 is 6.09 Å². The molecule has 11 nitrogen and oxygen atoms in total. The quantitative estimate of drug-likeness (QED) is 0.374. The number of guanidine groups is 1. The van der Waals surface area contributed by atoms with Crippen molar-refractivity contribution in [3.8, 4) is 6.07 Å². The molecule has 0 spiro atoms. The van der Waals surface area contributed by atoms with Gasteiger partial charge in [-0.25, -0.2) is 4.79 Å². The third-order valence-electron chi connectivity index (χ3n) is 8.26. The number of ether oxygens (including phenoxy) is 3. The van der Waals surface area contributed by atoms with Gasteiger partial charge in [-0.2, -0.15) is 5.26 Å². The Morgan fingerprint density at radius 1 is 1.08 bits per heavy atom. The Balaban J connectivity index is 1.49. The molecule has 1 aliphatic carbocycles. The normalized spacial score (nSPS) is 25.8. The van der Waals surface area contributed by atoms with Crippen LogP contribution in [0.3, 0.4) is 0 Å². The first-order chi connectivity index (χ1) is 18.5. The second kappa shape index (κ2) is 14.1. The number of hydrogen-bond donors (Lipinski definition) is 2. The lowest BCUT2D eigenvalue weighted by Gasteiger charge is -2.38. The molecule has 3 aliphatic heterocycles. The van der Waals surface area contributed by atoms with Crippen molar-refractivity contribution in [1.82, 2.24) is 20.4 Å². The van der Waals surface area contributed by atoms with Gasteiger partial charge in [0.2, 0.25) is 11.9 Å². The number of nitriles is 1. The van der Waals surface area contributed by atoms with Crippen molar-refractivity contribution in [2.45, 2.75) is 81.9 Å². The maximum Gasteiger partial charge on any atom is 0.436 e. The Morgan fingerprint density at radius 3 is 2.47 bits per heavy atom. The zero-order valence-corrected chi connectivity index (χ0v) is 22.8. The molecule has 3 heterocycles. The number of piperidine rings is 1. The van der Waals surface area contributed by atoms with E-state index in [0.29, 0.717) is 64.1 Å². The Morgan fingerprint density at radius 2 is 1.82 bits per heavy atom. The lowest BCUT2D eigenvalue weighted by Crippen LogP contribution is -2.60. The SMILES string of the molecule is CN1CCC(C#N)(NC(=O)C(CC2CCCCC2)N/C(=N\C(=O)OCC2CCCO2)N2CCOCC2)CC1. The van der Waals surface area contributed by atoms with Gasteiger partial charge in [0.05, 0.1) is 25.4 Å². The molecule has 4 rings (SSSR count). The van der Waals surface area contributed by atoms with Gasteiger partial charge in [-0.3, -0.25) is 4.79 Å². The van der Waals surface area contributed by atoms with Crippen molar-refractivity contribution in [1.29, 1.82) is 5.26 Å². The Labute approximate surface area is 226 Å². The number of hydrogen-bond acceptors (Lipinski definition) is 7. The van der Waals surface area contributed by atoms with Crippen molar-refractivity contribution >= 4 is 18.0 Å². The maximum atomic E-state index is 13.8. The summed E-state index contributed by atoms with van der Waals surface area (Å²) in [4.78, 5) is 34.9. The minimum atomic E-state index is -0.882. The predicted octanol–water partition coefficient (Wildman–Crippen LogP) is 2.02. The molecule has 2 unspecified atom stereocenters. The largest absolute Gasteiger partial charge is 0.445 e. The molecular formula is C27H44N6O5. The first-order valence-corrected chi connectivity index (χ1v) is 14.3. The molecule has 0 aromatic rings. The van der Waals surface area contributed by atoms with Gasteiger partial charge in [-0.15, -0.1) is 4.99 Å². The molecule has 212 valence electrons. The number of nitrogens with zero attached hydrogens (tertiary/aromatic N) is 4. The Bertz CT molecular complexity index is 851. The van der Waals surface area contributed by atoms with E-state index in [4.69, 9.17) is 14.2 Å². The first-order valence-electron chi connectivity index (χ1n) is 14.3. The summed E-state index contributed by atoms with van der Waals surface area (Å²) >= 11 is 0. The highest BCUT2D eigenvalue weighted by atomic mass is 16.6. The van der Waals surface area contributed by atoms with Crippen LogP contribution < -0.4 is 10.6 Å². The molecule has 0 aromatic heterocycles. The fourth-order valence-electron chi connectivity index (χ4n) is 5.76. The number of rotatable bonds is 7. The van der Waals surface area contributed by atoms with Gasteiger partial charge in [0.25, 0.3) is 0 Å². The van der Waals surface area contributed by atoms with Crippen LogP contribution in [0, 0.1) is 17.2 Å². The second-order valence-electron chi connectivity index (χ2n) is 11.2. The van der Waals surface area contributed by atoms with E-state index in [1.165, 1.54) is 6.42 Å². The van der Waals surface area contributed by atoms with Crippen LogP contribution in [0.5, 0.6) is 0 Å². The molecule has 3 saturated heterocycles. The first kappa shape index (κ1) is 28.6. The smallest absolute Gasteiger partial charge is 0.436 e. The second-order valence-corrected chi connectivity index (χ2v) is 11.2. The van der Waals surface area contributed by atoms with E-state index in [-0.39, 0.29) is 18.6 Å². The van der Waals surface area contributed by atoms with E-state index in [9.17, 15) is 14.9 Å². The maximum absolute atomic E-state index is 13.8. The summed E-state index contributed by atoms with van der Waals surface area (Å²) in [5, 5.41) is 16.4. The van der Waals surface area contributed by atoms with E-state index in [0.717, 1.165) is 51.6 Å². The van der Waals surface area contributed by atoms with Crippen LogP contribution in [-0.2, 0) is 19.0 Å². The van der Waals surface area contributed by atoms with Crippen molar-refractivity contribution in [3.63, 3.8) is 0 Å². The number of aliphatic imine (C=N–C) groups is 1. The van der Waals surface area contributed by atoms with Crippen LogP contribution in [0.4, 0.5) is 4.79 Å². The van der Waals surface area contributed by atoms with Crippen molar-refractivity contribution < 1.29 is 23.8 Å². The lowest BCUT2D eigenvalue weighted by molar-refractivity contribution is -0.125. The average Bonchev–Trinajstić information content (AvgIpc) is 3.47. The molecule has 0 bridgehead atoms. The zero-order chi connectivity index (χ0) is 26.8. The zero-order valence-electron chi connectivity index (χ0n) is 22.8. The number of morpholine rings is 1. The van der Waals surface area contributed by atoms with E-state index in [1.807, 2.05) is 11.9 Å². The van der Waals surface area contributed by atoms with Gasteiger partial charge < -0.3 is 34.6 Å². The van der Waals surface area contributed by atoms with Crippen LogP contribution in [-0.4, -0.2) is 105 Å². The fourth-order valence-corrected chi connectivity index (χ4v) is 5.76. The molecule has 4 aliphatic rings. The molecule has 2 N–H and O–H groups in total. The van der Waals surface area contributed by atoms with Crippen molar-refractivity contribution in [2.24, 2.45) is 10.9 Å². The summed E-state index contributed by atoms with van der Waals surface area (Å²) in [5.74, 6) is 0.520.